The van der Waals surface area contributed by atoms with E-state index in [9.17, 15) is 17.6 Å². The molecule has 0 saturated heterocycles. The lowest BCUT2D eigenvalue weighted by atomic mass is 10.0. The van der Waals surface area contributed by atoms with Gasteiger partial charge in [-0.3, -0.25) is 4.79 Å². The van der Waals surface area contributed by atoms with E-state index in [0.717, 1.165) is 4.31 Å². The zero-order valence-electron chi connectivity index (χ0n) is 11.9. The molecule has 2 aromatic rings. The van der Waals surface area contributed by atoms with Gasteiger partial charge in [-0.2, -0.15) is 0 Å². The summed E-state index contributed by atoms with van der Waals surface area (Å²) in [5.41, 5.74) is 0.745. The number of sulfonamides is 1. The molecule has 0 fully saturated rings. The SMILES string of the molecule is O=C1c2ccccc2S(=O)(=O)N1C1CCSc2c(F)cccc21. The third-order valence-corrected chi connectivity index (χ3v) is 7.14. The highest BCUT2D eigenvalue weighted by molar-refractivity contribution is 7.99. The van der Waals surface area contributed by atoms with Crippen molar-refractivity contribution < 1.29 is 17.6 Å². The van der Waals surface area contributed by atoms with Gasteiger partial charge in [0.25, 0.3) is 15.9 Å². The van der Waals surface area contributed by atoms with Crippen molar-refractivity contribution in [2.75, 3.05) is 5.75 Å². The molecule has 1 unspecified atom stereocenters. The standard InChI is InChI=1S/C16H12FNO3S2/c17-12-6-3-5-10-13(8-9-22-15(10)12)18-16(19)11-4-1-2-7-14(11)23(18,20)21/h1-7,13H,8-9H2. The molecule has 23 heavy (non-hydrogen) atoms. The first-order chi connectivity index (χ1) is 11.0. The van der Waals surface area contributed by atoms with E-state index in [1.54, 1.807) is 24.3 Å². The van der Waals surface area contributed by atoms with Crippen molar-refractivity contribution in [2.24, 2.45) is 0 Å². The molecule has 0 radical (unpaired) electrons. The van der Waals surface area contributed by atoms with Crippen LogP contribution in [0.5, 0.6) is 0 Å². The van der Waals surface area contributed by atoms with E-state index < -0.39 is 22.0 Å². The summed E-state index contributed by atoms with van der Waals surface area (Å²) < 4.78 is 40.5. The number of hydrogen-bond acceptors (Lipinski definition) is 4. The van der Waals surface area contributed by atoms with E-state index >= 15 is 0 Å². The number of fused-ring (bicyclic) bond motifs is 2. The number of halogens is 1. The molecule has 2 aliphatic heterocycles. The van der Waals surface area contributed by atoms with Gasteiger partial charge in [-0.25, -0.2) is 17.1 Å². The summed E-state index contributed by atoms with van der Waals surface area (Å²) in [6.07, 6.45) is 0.472. The molecule has 0 aliphatic carbocycles. The molecule has 2 heterocycles. The largest absolute Gasteiger partial charge is 0.269 e. The van der Waals surface area contributed by atoms with Crippen molar-refractivity contribution >= 4 is 27.7 Å². The zero-order valence-corrected chi connectivity index (χ0v) is 13.5. The van der Waals surface area contributed by atoms with Crippen LogP contribution in [0.25, 0.3) is 0 Å². The monoisotopic (exact) mass is 349 g/mol. The van der Waals surface area contributed by atoms with Gasteiger partial charge in [-0.15, -0.1) is 11.8 Å². The van der Waals surface area contributed by atoms with Crippen LogP contribution in [0.2, 0.25) is 0 Å². The maximum absolute atomic E-state index is 14.0. The Bertz CT molecular complexity index is 927. The normalized spacial score (nSPS) is 21.9. The predicted octanol–water partition coefficient (Wildman–Crippen LogP) is 3.21. The quantitative estimate of drug-likeness (QED) is 0.793. The van der Waals surface area contributed by atoms with E-state index in [0.29, 0.717) is 22.6 Å². The summed E-state index contributed by atoms with van der Waals surface area (Å²) in [5, 5.41) is 0. The van der Waals surface area contributed by atoms with Gasteiger partial charge in [0, 0.05) is 10.6 Å². The fourth-order valence-corrected chi connectivity index (χ4v) is 6.01. The summed E-state index contributed by atoms with van der Waals surface area (Å²) in [6.45, 7) is 0. The molecule has 0 bridgehead atoms. The van der Waals surface area contributed by atoms with Crippen LogP contribution >= 0.6 is 11.8 Å². The maximum atomic E-state index is 14.0. The average molecular weight is 349 g/mol. The number of amides is 1. The van der Waals surface area contributed by atoms with Crippen LogP contribution in [0.1, 0.15) is 28.4 Å². The lowest BCUT2D eigenvalue weighted by molar-refractivity contribution is 0.0827. The number of thioether (sulfide) groups is 1. The first kappa shape index (κ1) is 14.7. The molecular formula is C16H12FNO3S2. The Morgan fingerprint density at radius 1 is 1.13 bits per heavy atom. The predicted molar refractivity (Wildman–Crippen MR) is 84.3 cm³/mol. The second kappa shape index (κ2) is 5.07. The van der Waals surface area contributed by atoms with Crippen LogP contribution in [0.3, 0.4) is 0 Å². The topological polar surface area (TPSA) is 54.5 Å². The summed E-state index contributed by atoms with van der Waals surface area (Å²) >= 11 is 1.36. The minimum atomic E-state index is -3.90. The molecule has 4 rings (SSSR count). The van der Waals surface area contributed by atoms with E-state index in [-0.39, 0.29) is 16.3 Å². The van der Waals surface area contributed by atoms with Crippen molar-refractivity contribution in [1.82, 2.24) is 4.31 Å². The summed E-state index contributed by atoms with van der Waals surface area (Å²) in [6, 6.07) is 10.1. The second-order valence-electron chi connectivity index (χ2n) is 5.41. The van der Waals surface area contributed by atoms with Gasteiger partial charge in [-0.1, -0.05) is 24.3 Å². The molecule has 0 aromatic heterocycles. The highest BCUT2D eigenvalue weighted by Gasteiger charge is 2.46. The van der Waals surface area contributed by atoms with Gasteiger partial charge in [0.15, 0.2) is 0 Å². The number of benzene rings is 2. The second-order valence-corrected chi connectivity index (χ2v) is 8.30. The van der Waals surface area contributed by atoms with Gasteiger partial charge in [0.1, 0.15) is 10.7 Å². The molecule has 1 amide bonds. The van der Waals surface area contributed by atoms with Crippen LogP contribution in [0, 0.1) is 5.82 Å². The molecule has 7 heteroatoms. The van der Waals surface area contributed by atoms with Crippen molar-refractivity contribution in [3.8, 4) is 0 Å². The minimum Gasteiger partial charge on any atom is -0.268 e. The van der Waals surface area contributed by atoms with E-state index in [1.165, 1.54) is 30.0 Å². The van der Waals surface area contributed by atoms with Crippen LogP contribution in [0.15, 0.2) is 52.3 Å². The van der Waals surface area contributed by atoms with E-state index in [1.807, 2.05) is 0 Å². The van der Waals surface area contributed by atoms with E-state index in [2.05, 4.69) is 0 Å². The summed E-state index contributed by atoms with van der Waals surface area (Å²) in [7, 11) is -3.90. The molecule has 118 valence electrons. The Balaban J connectivity index is 1.89. The van der Waals surface area contributed by atoms with Gasteiger partial charge in [-0.05, 0) is 30.2 Å². The Morgan fingerprint density at radius 3 is 2.70 bits per heavy atom. The molecule has 0 N–H and O–H groups in total. The molecule has 1 atom stereocenters. The Labute approximate surface area is 137 Å². The first-order valence-electron chi connectivity index (χ1n) is 7.11. The molecule has 0 saturated carbocycles. The average Bonchev–Trinajstić information content (AvgIpc) is 2.75. The third kappa shape index (κ3) is 2.03. The van der Waals surface area contributed by atoms with Gasteiger partial charge >= 0.3 is 0 Å². The van der Waals surface area contributed by atoms with Crippen LogP contribution < -0.4 is 0 Å². The Morgan fingerprint density at radius 2 is 1.91 bits per heavy atom. The Hall–Kier alpha value is -1.86. The third-order valence-electron chi connectivity index (χ3n) is 4.13. The first-order valence-corrected chi connectivity index (χ1v) is 9.53. The highest BCUT2D eigenvalue weighted by atomic mass is 32.2. The smallest absolute Gasteiger partial charge is 0.268 e. The highest BCUT2D eigenvalue weighted by Crippen LogP contribution is 2.45. The maximum Gasteiger partial charge on any atom is 0.269 e. The minimum absolute atomic E-state index is 0.0289. The molecule has 0 spiro atoms. The fourth-order valence-electron chi connectivity index (χ4n) is 3.12. The van der Waals surface area contributed by atoms with Gasteiger partial charge < -0.3 is 0 Å². The summed E-state index contributed by atoms with van der Waals surface area (Å²) in [4.78, 5) is 13.1. The number of rotatable bonds is 1. The van der Waals surface area contributed by atoms with Crippen LogP contribution in [-0.2, 0) is 10.0 Å². The molecule has 2 aromatic carbocycles. The summed E-state index contributed by atoms with van der Waals surface area (Å²) in [5.74, 6) is -0.347. The number of hydrogen-bond donors (Lipinski definition) is 0. The molecule has 2 aliphatic rings. The van der Waals surface area contributed by atoms with Gasteiger partial charge in [0.05, 0.1) is 11.6 Å². The number of carbonyl (C=O) groups is 1. The van der Waals surface area contributed by atoms with Crippen LogP contribution in [0.4, 0.5) is 4.39 Å². The van der Waals surface area contributed by atoms with Crippen molar-refractivity contribution in [3.63, 3.8) is 0 Å². The molecule has 4 nitrogen and oxygen atoms in total. The molecular weight excluding hydrogens is 337 g/mol. The van der Waals surface area contributed by atoms with Crippen molar-refractivity contribution in [3.05, 3.63) is 59.4 Å². The number of carbonyl (C=O) groups excluding carboxylic acids is 1. The lowest BCUT2D eigenvalue weighted by Crippen LogP contribution is -2.36. The van der Waals surface area contributed by atoms with Crippen molar-refractivity contribution in [2.45, 2.75) is 22.3 Å². The van der Waals surface area contributed by atoms with Crippen molar-refractivity contribution in [1.29, 1.82) is 0 Å². The van der Waals surface area contributed by atoms with Gasteiger partial charge in [0.2, 0.25) is 0 Å². The zero-order chi connectivity index (χ0) is 16.2. The Kier molecular flexibility index (Phi) is 3.24. The van der Waals surface area contributed by atoms with Crippen LogP contribution in [-0.4, -0.2) is 24.4 Å². The fraction of sp³-hybridized carbons (Fsp3) is 0.188. The van der Waals surface area contributed by atoms with E-state index in [4.69, 9.17) is 0 Å². The lowest BCUT2D eigenvalue weighted by Gasteiger charge is -2.31. The number of nitrogens with zero attached hydrogens (tertiary/aromatic N) is 1.